The highest BCUT2D eigenvalue weighted by Crippen LogP contribution is 2.01. The Morgan fingerprint density at radius 1 is 1.33 bits per heavy atom. The van der Waals surface area contributed by atoms with Gasteiger partial charge in [0.25, 0.3) is 0 Å². The molecule has 0 unspecified atom stereocenters. The summed E-state index contributed by atoms with van der Waals surface area (Å²) in [4.78, 5) is 10.9. The Balaban J connectivity index is 3.89. The van der Waals surface area contributed by atoms with Crippen molar-refractivity contribution in [2.24, 2.45) is 0 Å². The van der Waals surface area contributed by atoms with Gasteiger partial charge in [0.1, 0.15) is 6.61 Å². The van der Waals surface area contributed by atoms with Crippen LogP contribution in [0.4, 0.5) is 0 Å². The first kappa shape index (κ1) is 13.7. The number of hydrogen-bond donors (Lipinski definition) is 0. The normalized spacial score (nSPS) is 12.5. The molecule has 0 spiro atoms. The molecule has 0 aromatic carbocycles. The van der Waals surface area contributed by atoms with Crippen LogP contribution in [0.15, 0.2) is 36.0 Å². The zero-order valence-electron chi connectivity index (χ0n) is 9.88. The number of carbonyl (C=O) groups excluding carboxylic acids is 1. The van der Waals surface area contributed by atoms with Gasteiger partial charge < -0.3 is 4.74 Å². The molecule has 2 nitrogen and oxygen atoms in total. The van der Waals surface area contributed by atoms with Crippen molar-refractivity contribution in [3.05, 3.63) is 36.0 Å². The minimum Gasteiger partial charge on any atom is -0.461 e. The van der Waals surface area contributed by atoms with Crippen LogP contribution in [0.5, 0.6) is 0 Å². The third-order valence-electron chi connectivity index (χ3n) is 1.98. The van der Waals surface area contributed by atoms with Crippen LogP contribution < -0.4 is 0 Å². The lowest BCUT2D eigenvalue weighted by molar-refractivity contribution is -0.142. The molecule has 0 aromatic rings. The van der Waals surface area contributed by atoms with Crippen LogP contribution in [0.1, 0.15) is 33.6 Å². The molecule has 84 valence electrons. The van der Waals surface area contributed by atoms with Crippen molar-refractivity contribution >= 4 is 5.97 Å². The topological polar surface area (TPSA) is 26.3 Å². The van der Waals surface area contributed by atoms with Crippen LogP contribution in [0.25, 0.3) is 0 Å². The van der Waals surface area contributed by atoms with Gasteiger partial charge in [0, 0.05) is 6.42 Å². The minimum absolute atomic E-state index is 0.152. The number of allylic oxidation sites excluding steroid dienone is 4. The van der Waals surface area contributed by atoms with E-state index in [-0.39, 0.29) is 5.97 Å². The van der Waals surface area contributed by atoms with Gasteiger partial charge in [-0.05, 0) is 25.8 Å². The molecule has 0 rings (SSSR count). The number of ether oxygens (including phenoxy) is 1. The van der Waals surface area contributed by atoms with Crippen molar-refractivity contribution in [3.8, 4) is 0 Å². The summed E-state index contributed by atoms with van der Waals surface area (Å²) >= 11 is 0. The van der Waals surface area contributed by atoms with Gasteiger partial charge in [-0.25, -0.2) is 0 Å². The molecular formula is C13H20O2. The van der Waals surface area contributed by atoms with Crippen molar-refractivity contribution in [2.75, 3.05) is 6.61 Å². The molecule has 0 aliphatic heterocycles. The third-order valence-corrected chi connectivity index (χ3v) is 1.98. The first-order valence-electron chi connectivity index (χ1n) is 5.20. The molecule has 2 heteroatoms. The van der Waals surface area contributed by atoms with Crippen LogP contribution in [-0.4, -0.2) is 12.6 Å². The summed E-state index contributed by atoms with van der Waals surface area (Å²) in [5, 5.41) is 0. The third kappa shape index (κ3) is 7.74. The van der Waals surface area contributed by atoms with Gasteiger partial charge in [-0.1, -0.05) is 37.3 Å². The minimum atomic E-state index is -0.152. The number of rotatable bonds is 6. The number of hydrogen-bond acceptors (Lipinski definition) is 2. The summed E-state index contributed by atoms with van der Waals surface area (Å²) < 4.78 is 4.99. The van der Waals surface area contributed by atoms with Gasteiger partial charge >= 0.3 is 5.97 Å². The smallest absolute Gasteiger partial charge is 0.305 e. The van der Waals surface area contributed by atoms with E-state index in [9.17, 15) is 4.79 Å². The average molecular weight is 208 g/mol. The molecule has 15 heavy (non-hydrogen) atoms. The van der Waals surface area contributed by atoms with E-state index < -0.39 is 0 Å². The highest BCUT2D eigenvalue weighted by Gasteiger charge is 1.97. The van der Waals surface area contributed by atoms with E-state index in [1.54, 1.807) is 6.92 Å². The summed E-state index contributed by atoms with van der Waals surface area (Å²) in [6.07, 6.45) is 7.24. The van der Waals surface area contributed by atoms with Gasteiger partial charge in [-0.15, -0.1) is 0 Å². The fourth-order valence-corrected chi connectivity index (χ4v) is 0.885. The summed E-state index contributed by atoms with van der Waals surface area (Å²) in [6.45, 7) is 9.82. The molecular weight excluding hydrogens is 188 g/mol. The molecule has 0 radical (unpaired) electrons. The summed E-state index contributed by atoms with van der Waals surface area (Å²) in [5.74, 6) is -0.152. The lowest BCUT2D eigenvalue weighted by Crippen LogP contribution is -2.04. The Morgan fingerprint density at radius 3 is 2.53 bits per heavy atom. The molecule has 0 aromatic heterocycles. The molecule has 0 saturated carbocycles. The Hall–Kier alpha value is -1.31. The van der Waals surface area contributed by atoms with Crippen molar-refractivity contribution in [1.29, 1.82) is 0 Å². The highest BCUT2D eigenvalue weighted by atomic mass is 16.5. The zero-order valence-corrected chi connectivity index (χ0v) is 9.88. The quantitative estimate of drug-likeness (QED) is 0.380. The van der Waals surface area contributed by atoms with Crippen molar-refractivity contribution in [3.63, 3.8) is 0 Å². The lowest BCUT2D eigenvalue weighted by atomic mass is 10.2. The van der Waals surface area contributed by atoms with Crippen LogP contribution in [0.3, 0.4) is 0 Å². The molecule has 0 bridgehead atoms. The maximum absolute atomic E-state index is 10.9. The predicted octanol–water partition coefficient (Wildman–Crippen LogP) is 3.41. The predicted molar refractivity (Wildman–Crippen MR) is 63.6 cm³/mol. The van der Waals surface area contributed by atoms with Crippen molar-refractivity contribution < 1.29 is 9.53 Å². The van der Waals surface area contributed by atoms with E-state index in [1.807, 2.05) is 19.9 Å². The van der Waals surface area contributed by atoms with E-state index in [2.05, 4.69) is 18.7 Å². The fourth-order valence-electron chi connectivity index (χ4n) is 0.885. The first-order valence-corrected chi connectivity index (χ1v) is 5.20. The number of esters is 1. The van der Waals surface area contributed by atoms with E-state index in [4.69, 9.17) is 4.74 Å². The SMILES string of the molecule is C=CC(C)=CCC=C(C)COC(=O)CC. The van der Waals surface area contributed by atoms with Gasteiger partial charge in [0.15, 0.2) is 0 Å². The van der Waals surface area contributed by atoms with E-state index >= 15 is 0 Å². The first-order chi connectivity index (χ1) is 7.10. The summed E-state index contributed by atoms with van der Waals surface area (Å²) in [6, 6.07) is 0. The molecule has 0 atom stereocenters. The molecule has 0 fully saturated rings. The van der Waals surface area contributed by atoms with Crippen LogP contribution >= 0.6 is 0 Å². The summed E-state index contributed by atoms with van der Waals surface area (Å²) in [7, 11) is 0. The molecule has 0 aliphatic carbocycles. The maximum atomic E-state index is 10.9. The second-order valence-corrected chi connectivity index (χ2v) is 3.45. The van der Waals surface area contributed by atoms with Gasteiger partial charge in [-0.2, -0.15) is 0 Å². The van der Waals surface area contributed by atoms with Gasteiger partial charge in [0.05, 0.1) is 0 Å². The molecule has 0 heterocycles. The molecule has 0 amide bonds. The van der Waals surface area contributed by atoms with Crippen LogP contribution in [0.2, 0.25) is 0 Å². The van der Waals surface area contributed by atoms with E-state index in [0.717, 1.165) is 17.6 Å². The molecule has 0 saturated heterocycles. The van der Waals surface area contributed by atoms with Crippen LogP contribution in [-0.2, 0) is 9.53 Å². The van der Waals surface area contributed by atoms with Crippen molar-refractivity contribution in [2.45, 2.75) is 33.6 Å². The average Bonchev–Trinajstić information content (AvgIpc) is 2.25. The molecule has 0 N–H and O–H groups in total. The Labute approximate surface area is 92.3 Å². The standard InChI is InChI=1S/C13H20O2/c1-5-11(3)8-7-9-12(4)10-15-13(14)6-2/h5,8-9H,1,6-7,10H2,2-4H3. The molecule has 0 aliphatic rings. The fraction of sp³-hybridized carbons (Fsp3) is 0.462. The zero-order chi connectivity index (χ0) is 11.7. The Kier molecular flexibility index (Phi) is 7.33. The largest absolute Gasteiger partial charge is 0.461 e. The highest BCUT2D eigenvalue weighted by molar-refractivity contribution is 5.69. The summed E-state index contributed by atoms with van der Waals surface area (Å²) in [5.41, 5.74) is 2.23. The van der Waals surface area contributed by atoms with E-state index in [1.165, 1.54) is 0 Å². The van der Waals surface area contributed by atoms with Gasteiger partial charge in [0.2, 0.25) is 0 Å². The van der Waals surface area contributed by atoms with E-state index in [0.29, 0.717) is 13.0 Å². The maximum Gasteiger partial charge on any atom is 0.305 e. The van der Waals surface area contributed by atoms with Crippen molar-refractivity contribution in [1.82, 2.24) is 0 Å². The second-order valence-electron chi connectivity index (χ2n) is 3.45. The number of carbonyl (C=O) groups is 1. The Bertz CT molecular complexity index is 272. The lowest BCUT2D eigenvalue weighted by Gasteiger charge is -2.02. The van der Waals surface area contributed by atoms with Crippen LogP contribution in [0, 0.1) is 0 Å². The Morgan fingerprint density at radius 2 is 2.00 bits per heavy atom. The second kappa shape index (κ2) is 8.04. The van der Waals surface area contributed by atoms with Gasteiger partial charge in [-0.3, -0.25) is 4.79 Å². The monoisotopic (exact) mass is 208 g/mol.